The zero-order chi connectivity index (χ0) is 17.1. The molecule has 23 heavy (non-hydrogen) atoms. The van der Waals surface area contributed by atoms with Crippen molar-refractivity contribution in [2.24, 2.45) is 0 Å². The molecule has 0 saturated heterocycles. The minimum atomic E-state index is -1.51. The van der Waals surface area contributed by atoms with Crippen molar-refractivity contribution in [1.29, 1.82) is 0 Å². The van der Waals surface area contributed by atoms with Crippen LogP contribution >= 0.6 is 23.4 Å². The summed E-state index contributed by atoms with van der Waals surface area (Å²) in [6.07, 6.45) is 1.99. The van der Waals surface area contributed by atoms with Gasteiger partial charge in [0, 0.05) is 21.0 Å². The van der Waals surface area contributed by atoms with E-state index in [1.165, 1.54) is 0 Å². The quantitative estimate of drug-likeness (QED) is 0.650. The first-order valence-electron chi connectivity index (χ1n) is 7.14. The number of rotatable bonds is 3. The number of benzene rings is 2. The summed E-state index contributed by atoms with van der Waals surface area (Å²) in [5.74, 6) is 5.55. The largest absolute Gasteiger partial charge is 0.378 e. The van der Waals surface area contributed by atoms with Crippen LogP contribution in [-0.2, 0) is 5.60 Å². The molecule has 0 radical (unpaired) electrons. The molecule has 4 heteroatoms. The zero-order valence-electron chi connectivity index (χ0n) is 13.3. The number of aliphatic hydroxyl groups is 2. The minimum Gasteiger partial charge on any atom is -0.378 e. The molecule has 1 atom stereocenters. The fourth-order valence-electron chi connectivity index (χ4n) is 2.08. The van der Waals surface area contributed by atoms with E-state index in [-0.39, 0.29) is 0 Å². The second kappa shape index (κ2) is 6.98. The predicted octanol–water partition coefficient (Wildman–Crippen LogP) is 4.07. The average molecular weight is 347 g/mol. The Balaban J connectivity index is 2.57. The molecule has 0 aliphatic heterocycles. The number of thioether (sulfide) groups is 1. The van der Waals surface area contributed by atoms with Gasteiger partial charge in [-0.05, 0) is 44.4 Å². The summed E-state index contributed by atoms with van der Waals surface area (Å²) in [7, 11) is 0. The topological polar surface area (TPSA) is 40.5 Å². The molecule has 0 saturated carbocycles. The SMILES string of the molecule is CSc1ccc(C(O)(C#CC(C)(C)O)c2ccc(Cl)cc2)cc1. The second-order valence-corrected chi connectivity index (χ2v) is 7.07. The van der Waals surface area contributed by atoms with E-state index in [4.69, 9.17) is 11.6 Å². The minimum absolute atomic E-state index is 0.587. The Morgan fingerprint density at radius 3 is 1.78 bits per heavy atom. The maximum Gasteiger partial charge on any atom is 0.176 e. The number of hydrogen-bond donors (Lipinski definition) is 2. The van der Waals surface area contributed by atoms with Crippen molar-refractivity contribution in [3.8, 4) is 11.8 Å². The van der Waals surface area contributed by atoms with Crippen LogP contribution in [0, 0.1) is 11.8 Å². The molecular weight excluding hydrogens is 328 g/mol. The number of halogens is 1. The molecule has 0 spiro atoms. The first-order valence-corrected chi connectivity index (χ1v) is 8.74. The van der Waals surface area contributed by atoms with E-state index in [9.17, 15) is 10.2 Å². The molecule has 120 valence electrons. The molecule has 2 N–H and O–H groups in total. The van der Waals surface area contributed by atoms with Gasteiger partial charge in [0.25, 0.3) is 0 Å². The molecule has 0 aliphatic carbocycles. The summed E-state index contributed by atoms with van der Waals surface area (Å²) in [6, 6.07) is 14.5. The second-order valence-electron chi connectivity index (χ2n) is 5.75. The lowest BCUT2D eigenvalue weighted by Gasteiger charge is -2.24. The monoisotopic (exact) mass is 346 g/mol. The molecule has 1 unspecified atom stereocenters. The van der Waals surface area contributed by atoms with Crippen LogP contribution in [-0.4, -0.2) is 22.1 Å². The molecule has 2 aromatic carbocycles. The van der Waals surface area contributed by atoms with Crippen molar-refractivity contribution < 1.29 is 10.2 Å². The standard InChI is InChI=1S/C19H19ClO2S/c1-18(2,21)12-13-19(22,14-4-8-16(20)9-5-14)15-6-10-17(23-3)11-7-15/h4-11,21-22H,1-3H3. The molecular formula is C19H19ClO2S. The molecule has 0 fully saturated rings. The molecule has 0 aliphatic rings. The predicted molar refractivity (Wildman–Crippen MR) is 96.7 cm³/mol. The van der Waals surface area contributed by atoms with Crippen molar-refractivity contribution >= 4 is 23.4 Å². The summed E-state index contributed by atoms with van der Waals surface area (Å²) in [4.78, 5) is 1.10. The van der Waals surface area contributed by atoms with Crippen molar-refractivity contribution in [3.05, 3.63) is 64.7 Å². The zero-order valence-corrected chi connectivity index (χ0v) is 14.9. The Bertz CT molecular complexity index is 721. The van der Waals surface area contributed by atoms with Crippen LogP contribution in [0.1, 0.15) is 25.0 Å². The molecule has 0 heterocycles. The van der Waals surface area contributed by atoms with Crippen molar-refractivity contribution in [3.63, 3.8) is 0 Å². The van der Waals surface area contributed by atoms with Gasteiger partial charge in [-0.1, -0.05) is 47.7 Å². The average Bonchev–Trinajstić information content (AvgIpc) is 2.53. The van der Waals surface area contributed by atoms with Crippen LogP contribution in [0.25, 0.3) is 0 Å². The number of hydrogen-bond acceptors (Lipinski definition) is 3. The van der Waals surface area contributed by atoms with E-state index in [1.807, 2.05) is 30.5 Å². The van der Waals surface area contributed by atoms with Gasteiger partial charge in [-0.15, -0.1) is 11.8 Å². The summed E-state index contributed by atoms with van der Waals surface area (Å²) >= 11 is 7.56. The summed E-state index contributed by atoms with van der Waals surface area (Å²) in [6.45, 7) is 3.16. The van der Waals surface area contributed by atoms with Gasteiger partial charge in [0.2, 0.25) is 0 Å². The van der Waals surface area contributed by atoms with Gasteiger partial charge in [0.15, 0.2) is 5.60 Å². The first kappa shape index (κ1) is 17.9. The van der Waals surface area contributed by atoms with E-state index in [0.717, 1.165) is 4.90 Å². The van der Waals surface area contributed by atoms with Crippen LogP contribution in [0.2, 0.25) is 5.02 Å². The third kappa shape index (κ3) is 4.53. The highest BCUT2D eigenvalue weighted by molar-refractivity contribution is 7.98. The van der Waals surface area contributed by atoms with Gasteiger partial charge >= 0.3 is 0 Å². The van der Waals surface area contributed by atoms with Crippen LogP contribution in [0.3, 0.4) is 0 Å². The maximum absolute atomic E-state index is 11.2. The lowest BCUT2D eigenvalue weighted by molar-refractivity contribution is 0.132. The van der Waals surface area contributed by atoms with E-state index in [0.29, 0.717) is 16.1 Å². The third-order valence-corrected chi connectivity index (χ3v) is 4.31. The fraction of sp³-hybridized carbons (Fsp3) is 0.263. The van der Waals surface area contributed by atoms with Gasteiger partial charge < -0.3 is 10.2 Å². The van der Waals surface area contributed by atoms with Crippen LogP contribution in [0.15, 0.2) is 53.4 Å². The molecule has 0 amide bonds. The van der Waals surface area contributed by atoms with Crippen molar-refractivity contribution in [1.82, 2.24) is 0 Å². The fourth-order valence-corrected chi connectivity index (χ4v) is 2.61. The normalized spacial score (nSPS) is 13.8. The third-order valence-electron chi connectivity index (χ3n) is 3.32. The molecule has 2 rings (SSSR count). The van der Waals surface area contributed by atoms with Gasteiger partial charge in [-0.25, -0.2) is 0 Å². The van der Waals surface area contributed by atoms with Crippen LogP contribution < -0.4 is 0 Å². The highest BCUT2D eigenvalue weighted by Gasteiger charge is 2.30. The Morgan fingerprint density at radius 2 is 1.35 bits per heavy atom. The smallest absolute Gasteiger partial charge is 0.176 e. The van der Waals surface area contributed by atoms with Crippen LogP contribution in [0.4, 0.5) is 0 Å². The summed E-state index contributed by atoms with van der Waals surface area (Å²) in [5, 5.41) is 21.7. The molecule has 2 nitrogen and oxygen atoms in total. The van der Waals surface area contributed by atoms with Gasteiger partial charge in [0.05, 0.1) is 0 Å². The lowest BCUT2D eigenvalue weighted by atomic mass is 9.86. The molecule has 2 aromatic rings. The van der Waals surface area contributed by atoms with E-state index in [2.05, 4.69) is 11.8 Å². The highest BCUT2D eigenvalue weighted by Crippen LogP contribution is 2.31. The van der Waals surface area contributed by atoms with Crippen LogP contribution in [0.5, 0.6) is 0 Å². The Morgan fingerprint density at radius 1 is 0.870 bits per heavy atom. The van der Waals surface area contributed by atoms with Crippen molar-refractivity contribution in [2.45, 2.75) is 29.9 Å². The van der Waals surface area contributed by atoms with Crippen molar-refractivity contribution in [2.75, 3.05) is 6.26 Å². The Labute approximate surface area is 146 Å². The van der Waals surface area contributed by atoms with Gasteiger partial charge in [0.1, 0.15) is 5.60 Å². The Kier molecular flexibility index (Phi) is 5.44. The van der Waals surface area contributed by atoms with Gasteiger partial charge in [-0.3, -0.25) is 0 Å². The lowest BCUT2D eigenvalue weighted by Crippen LogP contribution is -2.27. The molecule has 0 aromatic heterocycles. The highest BCUT2D eigenvalue weighted by atomic mass is 35.5. The van der Waals surface area contributed by atoms with Gasteiger partial charge in [-0.2, -0.15) is 0 Å². The van der Waals surface area contributed by atoms with E-state index >= 15 is 0 Å². The van der Waals surface area contributed by atoms with E-state index < -0.39 is 11.2 Å². The summed E-state index contributed by atoms with van der Waals surface area (Å²) < 4.78 is 0. The molecule has 0 bridgehead atoms. The van der Waals surface area contributed by atoms with E-state index in [1.54, 1.807) is 49.9 Å². The summed E-state index contributed by atoms with van der Waals surface area (Å²) in [5.41, 5.74) is -1.45. The Hall–Kier alpha value is -1.44. The first-order chi connectivity index (χ1) is 10.7. The maximum atomic E-state index is 11.2.